The fourth-order valence-electron chi connectivity index (χ4n) is 3.95. The van der Waals surface area contributed by atoms with Crippen LogP contribution in [0.3, 0.4) is 0 Å². The summed E-state index contributed by atoms with van der Waals surface area (Å²) in [6.45, 7) is 16.6. The lowest BCUT2D eigenvalue weighted by molar-refractivity contribution is -0.120. The Labute approximate surface area is 174 Å². The molecule has 0 radical (unpaired) electrons. The highest BCUT2D eigenvalue weighted by molar-refractivity contribution is 5.97. The molecule has 2 amide bonds. The molecule has 0 spiro atoms. The lowest BCUT2D eigenvalue weighted by Crippen LogP contribution is -2.56. The first-order valence-corrected chi connectivity index (χ1v) is 10.4. The Kier molecular flexibility index (Phi) is 6.03. The van der Waals surface area contributed by atoms with Crippen molar-refractivity contribution in [1.82, 2.24) is 9.80 Å². The van der Waals surface area contributed by atoms with Gasteiger partial charge in [-0.25, -0.2) is 4.79 Å². The van der Waals surface area contributed by atoms with E-state index in [2.05, 4.69) is 29.7 Å². The van der Waals surface area contributed by atoms with Gasteiger partial charge in [0.05, 0.1) is 6.54 Å². The molecule has 2 aliphatic heterocycles. The monoisotopic (exact) mass is 399 g/mol. The van der Waals surface area contributed by atoms with Gasteiger partial charge < -0.3 is 14.5 Å². The smallest absolute Gasteiger partial charge is 0.410 e. The SMILES string of the molecule is C=C(C)c1ccc2c(c1)N(C(=O)CN1CCN(C(=O)OC(C)(C)C)[C@H](C)C1)CC2. The Morgan fingerprint density at radius 1 is 1.21 bits per heavy atom. The average molecular weight is 400 g/mol. The summed E-state index contributed by atoms with van der Waals surface area (Å²) in [7, 11) is 0. The summed E-state index contributed by atoms with van der Waals surface area (Å²) < 4.78 is 5.50. The molecule has 158 valence electrons. The summed E-state index contributed by atoms with van der Waals surface area (Å²) in [6, 6.07) is 6.26. The number of carbonyl (C=O) groups excluding carboxylic acids is 2. The van der Waals surface area contributed by atoms with Crippen molar-refractivity contribution < 1.29 is 14.3 Å². The van der Waals surface area contributed by atoms with Crippen LogP contribution in [0.15, 0.2) is 24.8 Å². The molecule has 1 saturated heterocycles. The number of nitrogens with zero attached hydrogens (tertiary/aromatic N) is 3. The Bertz CT molecular complexity index is 812. The number of anilines is 1. The first kappa shape index (κ1) is 21.4. The molecule has 2 aliphatic rings. The highest BCUT2D eigenvalue weighted by atomic mass is 16.6. The number of amides is 2. The number of rotatable bonds is 3. The van der Waals surface area contributed by atoms with Crippen LogP contribution in [0.25, 0.3) is 5.57 Å². The van der Waals surface area contributed by atoms with Crippen molar-refractivity contribution in [3.63, 3.8) is 0 Å². The molecule has 6 nitrogen and oxygen atoms in total. The third kappa shape index (κ3) is 4.99. The van der Waals surface area contributed by atoms with Crippen LogP contribution in [0.5, 0.6) is 0 Å². The van der Waals surface area contributed by atoms with E-state index in [0.717, 1.165) is 29.8 Å². The van der Waals surface area contributed by atoms with E-state index < -0.39 is 5.60 Å². The quantitative estimate of drug-likeness (QED) is 0.780. The molecule has 1 aromatic carbocycles. The number of carbonyl (C=O) groups is 2. The van der Waals surface area contributed by atoms with Gasteiger partial charge in [-0.1, -0.05) is 24.3 Å². The number of allylic oxidation sites excluding steroid dienone is 1. The van der Waals surface area contributed by atoms with Gasteiger partial charge in [0.15, 0.2) is 0 Å². The van der Waals surface area contributed by atoms with Crippen LogP contribution >= 0.6 is 0 Å². The summed E-state index contributed by atoms with van der Waals surface area (Å²) in [5.41, 5.74) is 3.79. The van der Waals surface area contributed by atoms with Crippen LogP contribution < -0.4 is 4.90 Å². The van der Waals surface area contributed by atoms with Crippen molar-refractivity contribution in [2.45, 2.75) is 52.7 Å². The van der Waals surface area contributed by atoms with Crippen molar-refractivity contribution in [2.75, 3.05) is 37.6 Å². The summed E-state index contributed by atoms with van der Waals surface area (Å²) in [4.78, 5) is 31.2. The zero-order chi connectivity index (χ0) is 21.3. The van der Waals surface area contributed by atoms with E-state index in [0.29, 0.717) is 26.2 Å². The summed E-state index contributed by atoms with van der Waals surface area (Å²) >= 11 is 0. The number of piperazine rings is 1. The van der Waals surface area contributed by atoms with Crippen molar-refractivity contribution in [3.8, 4) is 0 Å². The summed E-state index contributed by atoms with van der Waals surface area (Å²) in [6.07, 6.45) is 0.608. The van der Waals surface area contributed by atoms with Crippen LogP contribution in [0.2, 0.25) is 0 Å². The molecule has 29 heavy (non-hydrogen) atoms. The van der Waals surface area contributed by atoms with E-state index in [1.54, 1.807) is 4.90 Å². The minimum atomic E-state index is -0.504. The van der Waals surface area contributed by atoms with Crippen molar-refractivity contribution in [3.05, 3.63) is 35.9 Å². The zero-order valence-corrected chi connectivity index (χ0v) is 18.3. The number of ether oxygens (including phenoxy) is 1. The van der Waals surface area contributed by atoms with E-state index in [9.17, 15) is 9.59 Å². The maximum atomic E-state index is 13.0. The van der Waals surface area contributed by atoms with Gasteiger partial charge in [0.25, 0.3) is 0 Å². The van der Waals surface area contributed by atoms with E-state index in [4.69, 9.17) is 4.74 Å². The molecule has 0 N–H and O–H groups in total. The second kappa shape index (κ2) is 8.19. The van der Waals surface area contributed by atoms with Gasteiger partial charge in [-0.15, -0.1) is 0 Å². The van der Waals surface area contributed by atoms with E-state index in [1.807, 2.05) is 39.5 Å². The molecule has 2 heterocycles. The summed E-state index contributed by atoms with van der Waals surface area (Å²) in [5.74, 6) is 0.112. The Morgan fingerprint density at radius 2 is 1.93 bits per heavy atom. The van der Waals surface area contributed by atoms with Crippen LogP contribution in [0.1, 0.15) is 45.7 Å². The maximum Gasteiger partial charge on any atom is 0.410 e. The molecular formula is C23H33N3O3. The van der Waals surface area contributed by atoms with Crippen LogP contribution in [0.4, 0.5) is 10.5 Å². The molecule has 0 bridgehead atoms. The molecule has 0 aromatic heterocycles. The lowest BCUT2D eigenvalue weighted by Gasteiger charge is -2.40. The molecule has 3 rings (SSSR count). The van der Waals surface area contributed by atoms with E-state index >= 15 is 0 Å². The molecule has 0 aliphatic carbocycles. The molecular weight excluding hydrogens is 366 g/mol. The highest BCUT2D eigenvalue weighted by Crippen LogP contribution is 2.31. The molecule has 0 unspecified atom stereocenters. The van der Waals surface area contributed by atoms with Gasteiger partial charge in [0.2, 0.25) is 5.91 Å². The maximum absolute atomic E-state index is 13.0. The molecule has 0 saturated carbocycles. The fourth-order valence-corrected chi connectivity index (χ4v) is 3.95. The predicted molar refractivity (Wildman–Crippen MR) is 116 cm³/mol. The Hall–Kier alpha value is -2.34. The van der Waals surface area contributed by atoms with Gasteiger partial charge in [-0.3, -0.25) is 9.69 Å². The van der Waals surface area contributed by atoms with Crippen LogP contribution in [-0.2, 0) is 16.0 Å². The third-order valence-corrected chi connectivity index (χ3v) is 5.47. The topological polar surface area (TPSA) is 53.1 Å². The molecule has 6 heteroatoms. The zero-order valence-electron chi connectivity index (χ0n) is 18.3. The Balaban J connectivity index is 1.60. The van der Waals surface area contributed by atoms with Crippen molar-refractivity contribution in [2.24, 2.45) is 0 Å². The van der Waals surface area contributed by atoms with E-state index in [-0.39, 0.29) is 18.0 Å². The van der Waals surface area contributed by atoms with Gasteiger partial charge in [0, 0.05) is 37.9 Å². The minimum absolute atomic E-state index is 0.00674. The van der Waals surface area contributed by atoms with Gasteiger partial charge in [-0.2, -0.15) is 0 Å². The number of fused-ring (bicyclic) bond motifs is 1. The third-order valence-electron chi connectivity index (χ3n) is 5.47. The van der Waals surface area contributed by atoms with Crippen molar-refractivity contribution in [1.29, 1.82) is 0 Å². The minimum Gasteiger partial charge on any atom is -0.444 e. The number of hydrogen-bond donors (Lipinski definition) is 0. The molecule has 1 fully saturated rings. The average Bonchev–Trinajstić information content (AvgIpc) is 3.03. The molecule has 1 aromatic rings. The first-order valence-electron chi connectivity index (χ1n) is 10.4. The number of hydrogen-bond acceptors (Lipinski definition) is 4. The number of benzene rings is 1. The first-order chi connectivity index (χ1) is 13.5. The van der Waals surface area contributed by atoms with E-state index in [1.165, 1.54) is 5.56 Å². The second-order valence-electron chi connectivity index (χ2n) is 9.18. The largest absolute Gasteiger partial charge is 0.444 e. The second-order valence-corrected chi connectivity index (χ2v) is 9.18. The normalized spacial score (nSPS) is 19.8. The Morgan fingerprint density at radius 3 is 2.55 bits per heavy atom. The van der Waals surface area contributed by atoms with Gasteiger partial charge >= 0.3 is 6.09 Å². The van der Waals surface area contributed by atoms with Gasteiger partial charge in [0.1, 0.15) is 5.60 Å². The van der Waals surface area contributed by atoms with Gasteiger partial charge in [-0.05, 0) is 58.2 Å². The fraction of sp³-hybridized carbons (Fsp3) is 0.565. The van der Waals surface area contributed by atoms with Crippen LogP contribution in [-0.4, -0.2) is 66.2 Å². The predicted octanol–water partition coefficient (Wildman–Crippen LogP) is 3.55. The van der Waals surface area contributed by atoms with Crippen LogP contribution in [0, 0.1) is 0 Å². The standard InChI is InChI=1S/C23H33N3O3/c1-16(2)19-8-7-18-9-10-26(20(18)13-19)21(27)15-24-11-12-25(17(3)14-24)22(28)29-23(4,5)6/h7-8,13,17H,1,9-12,14-15H2,2-6H3/t17-/m1/s1. The van der Waals surface area contributed by atoms with Crippen molar-refractivity contribution >= 4 is 23.3 Å². The highest BCUT2D eigenvalue weighted by Gasteiger charge is 2.33. The lowest BCUT2D eigenvalue weighted by atomic mass is 10.0. The molecule has 1 atom stereocenters. The summed E-state index contributed by atoms with van der Waals surface area (Å²) in [5, 5.41) is 0.